The summed E-state index contributed by atoms with van der Waals surface area (Å²) in [5, 5.41) is 7.90. The predicted octanol–water partition coefficient (Wildman–Crippen LogP) is 4.38. The van der Waals surface area contributed by atoms with Gasteiger partial charge in [-0.05, 0) is 59.0 Å². The van der Waals surface area contributed by atoms with Crippen LogP contribution in [0.1, 0.15) is 35.6 Å². The Labute approximate surface area is 207 Å². The summed E-state index contributed by atoms with van der Waals surface area (Å²) < 4.78 is 30.6. The normalized spacial score (nSPS) is 15.6. The highest BCUT2D eigenvalue weighted by Crippen LogP contribution is 2.33. The zero-order valence-electron chi connectivity index (χ0n) is 18.7. The number of benzene rings is 1. The monoisotopic (exact) mass is 540 g/mol. The summed E-state index contributed by atoms with van der Waals surface area (Å²) in [5.41, 5.74) is 3.51. The molecule has 8 nitrogen and oxygen atoms in total. The number of nitrogens with one attached hydrogen (secondary N) is 1. The molecule has 4 aromatic rings. The van der Waals surface area contributed by atoms with Crippen molar-refractivity contribution < 1.29 is 8.42 Å². The Morgan fingerprint density at radius 2 is 1.91 bits per heavy atom. The summed E-state index contributed by atoms with van der Waals surface area (Å²) in [6.45, 7) is 3.37. The Hall–Kier alpha value is -2.82. The first-order chi connectivity index (χ1) is 16.4. The van der Waals surface area contributed by atoms with Gasteiger partial charge in [0.25, 0.3) is 0 Å². The molecule has 4 heterocycles. The lowest BCUT2D eigenvalue weighted by molar-refractivity contribution is 0.316. The smallest absolute Gasteiger partial charge is 0.243 e. The number of piperidine rings is 1. The maximum atomic E-state index is 13.2. The SMILES string of the molecule is Cc1ccccc1S(=O)(=O)N1CCC(c2cc(NCc3cccnc3)n3ncc(Br)c3n2)CC1. The zero-order chi connectivity index (χ0) is 23.7. The Morgan fingerprint density at radius 3 is 2.65 bits per heavy atom. The molecule has 0 saturated carbocycles. The van der Waals surface area contributed by atoms with Gasteiger partial charge < -0.3 is 5.32 Å². The van der Waals surface area contributed by atoms with E-state index in [0.717, 1.165) is 32.8 Å². The second-order valence-electron chi connectivity index (χ2n) is 8.45. The van der Waals surface area contributed by atoms with Crippen molar-refractivity contribution in [3.05, 3.63) is 82.3 Å². The molecule has 0 unspecified atom stereocenters. The van der Waals surface area contributed by atoms with E-state index >= 15 is 0 Å². The van der Waals surface area contributed by atoms with Crippen LogP contribution in [0.5, 0.6) is 0 Å². The van der Waals surface area contributed by atoms with Crippen molar-refractivity contribution >= 4 is 37.4 Å². The summed E-state index contributed by atoms with van der Waals surface area (Å²) in [6, 6.07) is 13.1. The summed E-state index contributed by atoms with van der Waals surface area (Å²) in [5.74, 6) is 0.999. The molecular formula is C24H25BrN6O2S. The molecule has 34 heavy (non-hydrogen) atoms. The van der Waals surface area contributed by atoms with Gasteiger partial charge in [0, 0.05) is 49.7 Å². The molecular weight excluding hydrogens is 516 g/mol. The highest BCUT2D eigenvalue weighted by molar-refractivity contribution is 9.10. The number of sulfonamides is 1. The van der Waals surface area contributed by atoms with Gasteiger partial charge in [-0.1, -0.05) is 24.3 Å². The second kappa shape index (κ2) is 9.44. The largest absolute Gasteiger partial charge is 0.366 e. The molecule has 0 bridgehead atoms. The van der Waals surface area contributed by atoms with Gasteiger partial charge in [-0.15, -0.1) is 0 Å². The van der Waals surface area contributed by atoms with Crippen LogP contribution in [-0.4, -0.2) is 45.4 Å². The third-order valence-electron chi connectivity index (χ3n) is 6.23. The van der Waals surface area contributed by atoms with Crippen molar-refractivity contribution in [2.45, 2.75) is 37.1 Å². The fourth-order valence-electron chi connectivity index (χ4n) is 4.36. The third kappa shape index (κ3) is 4.45. The molecule has 1 aliphatic rings. The lowest BCUT2D eigenvalue weighted by Gasteiger charge is -2.31. The van der Waals surface area contributed by atoms with Gasteiger partial charge in [0.05, 0.1) is 15.6 Å². The van der Waals surface area contributed by atoms with Crippen LogP contribution in [0.25, 0.3) is 5.65 Å². The van der Waals surface area contributed by atoms with Crippen molar-refractivity contribution in [2.24, 2.45) is 0 Å². The maximum absolute atomic E-state index is 13.2. The van der Waals surface area contributed by atoms with Gasteiger partial charge in [0.2, 0.25) is 10.0 Å². The van der Waals surface area contributed by atoms with Crippen LogP contribution in [0.2, 0.25) is 0 Å². The molecule has 0 atom stereocenters. The maximum Gasteiger partial charge on any atom is 0.243 e. The van der Waals surface area contributed by atoms with Crippen LogP contribution in [0.3, 0.4) is 0 Å². The minimum absolute atomic E-state index is 0.161. The summed E-state index contributed by atoms with van der Waals surface area (Å²) in [6.07, 6.45) is 6.74. The molecule has 1 aliphatic heterocycles. The average Bonchev–Trinajstić information content (AvgIpc) is 3.24. The fraction of sp³-hybridized carbons (Fsp3) is 0.292. The van der Waals surface area contributed by atoms with Crippen molar-refractivity contribution in [3.63, 3.8) is 0 Å². The highest BCUT2D eigenvalue weighted by atomic mass is 79.9. The lowest BCUT2D eigenvalue weighted by Crippen LogP contribution is -2.38. The van der Waals surface area contributed by atoms with Gasteiger partial charge in [-0.2, -0.15) is 13.9 Å². The number of rotatable bonds is 6. The van der Waals surface area contributed by atoms with Crippen LogP contribution in [0.4, 0.5) is 5.82 Å². The molecule has 3 aromatic heterocycles. The quantitative estimate of drug-likeness (QED) is 0.390. The molecule has 10 heteroatoms. The zero-order valence-corrected chi connectivity index (χ0v) is 21.1. The Morgan fingerprint density at radius 1 is 1.12 bits per heavy atom. The summed E-state index contributed by atoms with van der Waals surface area (Å²) >= 11 is 3.55. The summed E-state index contributed by atoms with van der Waals surface area (Å²) in [7, 11) is -3.51. The molecule has 5 rings (SSSR count). The minimum atomic E-state index is -3.51. The van der Waals surface area contributed by atoms with Crippen LogP contribution in [0.15, 0.2) is 70.4 Å². The van der Waals surface area contributed by atoms with Gasteiger partial charge >= 0.3 is 0 Å². The van der Waals surface area contributed by atoms with E-state index in [1.165, 1.54) is 0 Å². The van der Waals surface area contributed by atoms with Crippen LogP contribution in [0, 0.1) is 6.92 Å². The van der Waals surface area contributed by atoms with E-state index in [1.54, 1.807) is 33.3 Å². The molecule has 1 fully saturated rings. The van der Waals surface area contributed by atoms with E-state index in [2.05, 4.69) is 31.3 Å². The van der Waals surface area contributed by atoms with E-state index < -0.39 is 10.0 Å². The van der Waals surface area contributed by atoms with Crippen LogP contribution < -0.4 is 5.32 Å². The molecule has 1 aromatic carbocycles. The molecule has 1 saturated heterocycles. The van der Waals surface area contributed by atoms with Crippen molar-refractivity contribution in [3.8, 4) is 0 Å². The second-order valence-corrected chi connectivity index (χ2v) is 11.2. The van der Waals surface area contributed by atoms with Crippen molar-refractivity contribution in [1.82, 2.24) is 23.9 Å². The standard InChI is InChI=1S/C24H25BrN6O2S/c1-17-5-2-3-7-22(17)34(32,33)30-11-8-19(9-12-30)21-13-23(27-15-18-6-4-10-26-14-18)31-24(29-21)20(25)16-28-31/h2-7,10,13-14,16,19,27H,8-9,11-12,15H2,1H3. The minimum Gasteiger partial charge on any atom is -0.366 e. The average molecular weight is 541 g/mol. The van der Waals surface area contributed by atoms with Gasteiger partial charge in [-0.3, -0.25) is 4.98 Å². The number of halogens is 1. The van der Waals surface area contributed by atoms with Crippen molar-refractivity contribution in [2.75, 3.05) is 18.4 Å². The van der Waals surface area contributed by atoms with E-state index in [0.29, 0.717) is 37.4 Å². The fourth-order valence-corrected chi connectivity index (χ4v) is 6.41. The third-order valence-corrected chi connectivity index (χ3v) is 8.85. The number of aryl methyl sites for hydroxylation is 1. The lowest BCUT2D eigenvalue weighted by atomic mass is 9.94. The molecule has 0 radical (unpaired) electrons. The Bertz CT molecular complexity index is 1420. The van der Waals surface area contributed by atoms with Gasteiger partial charge in [0.15, 0.2) is 5.65 Å². The molecule has 0 aliphatic carbocycles. The van der Waals surface area contributed by atoms with Gasteiger partial charge in [-0.25, -0.2) is 13.4 Å². The molecule has 0 spiro atoms. The van der Waals surface area contributed by atoms with E-state index in [1.807, 2.05) is 43.5 Å². The van der Waals surface area contributed by atoms with Gasteiger partial charge in [0.1, 0.15) is 5.82 Å². The number of nitrogens with zero attached hydrogens (tertiary/aromatic N) is 5. The predicted molar refractivity (Wildman–Crippen MR) is 134 cm³/mol. The van der Waals surface area contributed by atoms with Crippen LogP contribution >= 0.6 is 15.9 Å². The Kier molecular flexibility index (Phi) is 6.37. The molecule has 0 amide bonds. The van der Waals surface area contributed by atoms with E-state index in [4.69, 9.17) is 4.98 Å². The molecule has 1 N–H and O–H groups in total. The Balaban J connectivity index is 1.37. The number of hydrogen-bond acceptors (Lipinski definition) is 6. The first-order valence-electron chi connectivity index (χ1n) is 11.2. The number of anilines is 1. The first-order valence-corrected chi connectivity index (χ1v) is 13.4. The highest BCUT2D eigenvalue weighted by Gasteiger charge is 2.31. The number of fused-ring (bicyclic) bond motifs is 1. The first kappa shape index (κ1) is 22.9. The summed E-state index contributed by atoms with van der Waals surface area (Å²) in [4.78, 5) is 9.43. The van der Waals surface area contributed by atoms with Crippen molar-refractivity contribution in [1.29, 1.82) is 0 Å². The van der Waals surface area contributed by atoms with E-state index in [9.17, 15) is 8.42 Å². The number of pyridine rings is 1. The van der Waals surface area contributed by atoms with Crippen LogP contribution in [-0.2, 0) is 16.6 Å². The topological polar surface area (TPSA) is 92.5 Å². The van der Waals surface area contributed by atoms with E-state index in [-0.39, 0.29) is 5.92 Å². The molecule has 176 valence electrons. The number of aromatic nitrogens is 4. The number of hydrogen-bond donors (Lipinski definition) is 1.